The van der Waals surface area contributed by atoms with Gasteiger partial charge in [0.2, 0.25) is 9.84 Å². The van der Waals surface area contributed by atoms with Crippen molar-refractivity contribution in [1.82, 2.24) is 0 Å². The number of hydrogen-bond acceptors (Lipinski definition) is 6. The monoisotopic (exact) mass is 498 g/mol. The number of nitrogens with zero attached hydrogens (tertiary/aromatic N) is 2. The van der Waals surface area contributed by atoms with Gasteiger partial charge in [-0.05, 0) is 55.0 Å². The molecule has 5 rings (SSSR count). The van der Waals surface area contributed by atoms with E-state index in [1.165, 1.54) is 0 Å². The molecule has 0 saturated carbocycles. The Morgan fingerprint density at radius 2 is 1.58 bits per heavy atom. The van der Waals surface area contributed by atoms with Crippen molar-refractivity contribution in [1.29, 1.82) is 0 Å². The minimum Gasteiger partial charge on any atom is -0.344 e. The van der Waals surface area contributed by atoms with E-state index in [9.17, 15) is 13.2 Å². The first-order chi connectivity index (χ1) is 17.2. The van der Waals surface area contributed by atoms with Crippen LogP contribution >= 0.6 is 0 Å². The molecule has 7 heteroatoms. The largest absolute Gasteiger partial charge is 0.368 e. The van der Waals surface area contributed by atoms with Gasteiger partial charge in [0, 0.05) is 28.9 Å². The molecule has 0 bridgehead atoms. The molecule has 36 heavy (non-hydrogen) atoms. The highest BCUT2D eigenvalue weighted by molar-refractivity contribution is 7.91. The van der Waals surface area contributed by atoms with E-state index in [4.69, 9.17) is 4.84 Å². The predicted octanol–water partition coefficient (Wildman–Crippen LogP) is 5.41. The zero-order valence-corrected chi connectivity index (χ0v) is 21.1. The van der Waals surface area contributed by atoms with Crippen molar-refractivity contribution in [2.75, 3.05) is 11.4 Å². The molecule has 0 atom stereocenters. The van der Waals surface area contributed by atoms with E-state index in [0.717, 1.165) is 22.5 Å². The Kier molecular flexibility index (Phi) is 5.88. The minimum atomic E-state index is -3.65. The van der Waals surface area contributed by atoms with Gasteiger partial charge in [-0.25, -0.2) is 13.2 Å². The van der Waals surface area contributed by atoms with E-state index in [1.54, 1.807) is 48.5 Å². The average Bonchev–Trinajstić information content (AvgIpc) is 3.36. The second kappa shape index (κ2) is 8.91. The quantitative estimate of drug-likeness (QED) is 0.347. The number of oxime groups is 1. The lowest BCUT2D eigenvalue weighted by molar-refractivity contribution is -0.136. The average molecular weight is 499 g/mol. The number of hydrogen-bond donors (Lipinski definition) is 0. The summed E-state index contributed by atoms with van der Waals surface area (Å²) >= 11 is 0. The lowest BCUT2D eigenvalue weighted by Gasteiger charge is -2.25. The second-order valence-electron chi connectivity index (χ2n) is 9.18. The van der Waals surface area contributed by atoms with E-state index in [0.29, 0.717) is 17.8 Å². The highest BCUT2D eigenvalue weighted by Crippen LogP contribution is 2.48. The summed E-state index contributed by atoms with van der Waals surface area (Å²) < 4.78 is 26.6. The third-order valence-electron chi connectivity index (χ3n) is 6.69. The number of carbonyl (C=O) groups excluding carboxylic acids is 1. The van der Waals surface area contributed by atoms with E-state index >= 15 is 0 Å². The molecule has 0 radical (unpaired) electrons. The Balaban J connectivity index is 1.57. The van der Waals surface area contributed by atoms with Crippen LogP contribution in [0.15, 0.2) is 117 Å². The van der Waals surface area contributed by atoms with Crippen molar-refractivity contribution in [3.63, 3.8) is 0 Å². The summed E-state index contributed by atoms with van der Waals surface area (Å²) in [5.74, 6) is -0.502. The van der Waals surface area contributed by atoms with Crippen molar-refractivity contribution in [3.8, 4) is 0 Å². The van der Waals surface area contributed by atoms with Crippen LogP contribution in [0.1, 0.15) is 31.9 Å². The van der Waals surface area contributed by atoms with Crippen molar-refractivity contribution in [3.05, 3.63) is 113 Å². The van der Waals surface area contributed by atoms with Gasteiger partial charge in [0.1, 0.15) is 5.71 Å². The summed E-state index contributed by atoms with van der Waals surface area (Å²) in [5.41, 5.74) is 3.98. The van der Waals surface area contributed by atoms with Crippen LogP contribution in [0.3, 0.4) is 0 Å². The molecule has 0 aliphatic carbocycles. The van der Waals surface area contributed by atoms with E-state index < -0.39 is 21.2 Å². The SMILES string of the molecule is CCN1/C(=C\C=C2/C(=O)ON=C2c2ccccc2)C(C)(C)c2cc(S(=O)(=O)c3ccccc3)ccc21. The first kappa shape index (κ1) is 23.8. The van der Waals surface area contributed by atoms with Crippen LogP contribution in [-0.4, -0.2) is 26.6 Å². The topological polar surface area (TPSA) is 76.0 Å². The van der Waals surface area contributed by atoms with Gasteiger partial charge in [-0.1, -0.05) is 67.5 Å². The molecule has 2 aliphatic rings. The van der Waals surface area contributed by atoms with Crippen LogP contribution in [0.4, 0.5) is 5.69 Å². The highest BCUT2D eigenvalue weighted by atomic mass is 32.2. The molecule has 0 spiro atoms. The van der Waals surface area contributed by atoms with Gasteiger partial charge in [-0.2, -0.15) is 0 Å². The summed E-state index contributed by atoms with van der Waals surface area (Å²) in [6.07, 6.45) is 3.66. The molecule has 2 aliphatic heterocycles. The van der Waals surface area contributed by atoms with E-state index in [2.05, 4.69) is 23.9 Å². The van der Waals surface area contributed by atoms with Crippen LogP contribution in [-0.2, 0) is 24.9 Å². The minimum absolute atomic E-state index is 0.258. The molecule has 3 aromatic carbocycles. The van der Waals surface area contributed by atoms with Crippen molar-refractivity contribution < 1.29 is 18.0 Å². The predicted molar refractivity (Wildman–Crippen MR) is 140 cm³/mol. The molecule has 0 aromatic heterocycles. The van der Waals surface area contributed by atoms with Gasteiger partial charge in [0.25, 0.3) is 0 Å². The number of carbonyl (C=O) groups is 1. The Morgan fingerprint density at radius 1 is 0.917 bits per heavy atom. The molecular weight excluding hydrogens is 472 g/mol. The molecule has 6 nitrogen and oxygen atoms in total. The Bertz CT molecular complexity index is 1540. The van der Waals surface area contributed by atoms with E-state index in [1.807, 2.05) is 49.4 Å². The van der Waals surface area contributed by atoms with Gasteiger partial charge in [0.15, 0.2) is 0 Å². The molecule has 182 valence electrons. The van der Waals surface area contributed by atoms with Crippen LogP contribution in [0, 0.1) is 0 Å². The smallest absolute Gasteiger partial charge is 0.344 e. The zero-order valence-electron chi connectivity index (χ0n) is 20.3. The Morgan fingerprint density at radius 3 is 2.25 bits per heavy atom. The number of likely N-dealkylation sites (N-methyl/N-ethyl adjacent to an activating group) is 1. The first-order valence-corrected chi connectivity index (χ1v) is 13.2. The third kappa shape index (κ3) is 3.85. The van der Waals surface area contributed by atoms with Crippen LogP contribution in [0.5, 0.6) is 0 Å². The first-order valence-electron chi connectivity index (χ1n) is 11.7. The fourth-order valence-electron chi connectivity index (χ4n) is 4.79. The molecule has 0 unspecified atom stereocenters. The molecule has 3 aromatic rings. The lowest BCUT2D eigenvalue weighted by atomic mass is 9.83. The number of fused-ring (bicyclic) bond motifs is 1. The normalized spacial score (nSPS) is 18.9. The maximum Gasteiger partial charge on any atom is 0.368 e. The van der Waals surface area contributed by atoms with Crippen molar-refractivity contribution in [2.45, 2.75) is 36.0 Å². The summed E-state index contributed by atoms with van der Waals surface area (Å²) in [6, 6.07) is 23.2. The molecule has 0 amide bonds. The molecule has 0 N–H and O–H groups in total. The summed E-state index contributed by atoms with van der Waals surface area (Å²) in [6.45, 7) is 6.84. The lowest BCUT2D eigenvalue weighted by Crippen LogP contribution is -2.25. The fourth-order valence-corrected chi connectivity index (χ4v) is 6.10. The maximum absolute atomic E-state index is 13.3. The summed E-state index contributed by atoms with van der Waals surface area (Å²) in [4.78, 5) is 20.1. The number of rotatable bonds is 5. The second-order valence-corrected chi connectivity index (χ2v) is 11.1. The van der Waals surface area contributed by atoms with Gasteiger partial charge in [-0.15, -0.1) is 0 Å². The third-order valence-corrected chi connectivity index (χ3v) is 8.46. The highest BCUT2D eigenvalue weighted by Gasteiger charge is 2.40. The maximum atomic E-state index is 13.3. The number of sulfone groups is 1. The number of allylic oxidation sites excluding steroid dienone is 3. The van der Waals surface area contributed by atoms with Crippen LogP contribution in [0.2, 0.25) is 0 Å². The fraction of sp³-hybridized carbons (Fsp3) is 0.172. The van der Waals surface area contributed by atoms with Crippen LogP contribution < -0.4 is 4.90 Å². The van der Waals surface area contributed by atoms with Crippen molar-refractivity contribution in [2.24, 2.45) is 5.16 Å². The molecular formula is C29H26N2O4S. The number of anilines is 1. The zero-order chi connectivity index (χ0) is 25.5. The van der Waals surface area contributed by atoms with Crippen molar-refractivity contribution >= 4 is 27.2 Å². The van der Waals surface area contributed by atoms with Gasteiger partial charge in [-0.3, -0.25) is 0 Å². The van der Waals surface area contributed by atoms with Gasteiger partial charge < -0.3 is 9.74 Å². The molecule has 0 fully saturated rings. The number of benzene rings is 3. The molecule has 2 heterocycles. The Labute approximate surface area is 211 Å². The summed E-state index contributed by atoms with van der Waals surface area (Å²) in [5, 5.41) is 3.99. The van der Waals surface area contributed by atoms with Crippen LogP contribution in [0.25, 0.3) is 0 Å². The summed E-state index contributed by atoms with van der Waals surface area (Å²) in [7, 11) is -3.65. The van der Waals surface area contributed by atoms with Gasteiger partial charge >= 0.3 is 5.97 Å². The van der Waals surface area contributed by atoms with Gasteiger partial charge in [0.05, 0.1) is 15.4 Å². The Hall–Kier alpha value is -3.97. The van der Waals surface area contributed by atoms with E-state index in [-0.39, 0.29) is 9.79 Å². The standard InChI is InChI=1S/C29H26N2O4S/c1-4-31-25-17-15-22(36(33,34)21-13-9-6-10-14-21)19-24(25)29(2,3)26(31)18-16-23-27(30-35-28(23)32)20-11-7-5-8-12-20/h5-19H,4H2,1-3H3/b23-16-,26-18-. The molecule has 0 saturated heterocycles.